The Kier molecular flexibility index (Phi) is 3.09. The molecule has 0 aromatic carbocycles. The summed E-state index contributed by atoms with van der Waals surface area (Å²) in [5, 5.41) is 0. The van der Waals surface area contributed by atoms with Crippen LogP contribution in [0.5, 0.6) is 0 Å². The van der Waals surface area contributed by atoms with Gasteiger partial charge in [-0.2, -0.15) is 0 Å². The van der Waals surface area contributed by atoms with E-state index in [9.17, 15) is 0 Å². The molecule has 66 valence electrons. The number of ether oxygens (including phenoxy) is 1. The van der Waals surface area contributed by atoms with E-state index >= 15 is 0 Å². The van der Waals surface area contributed by atoms with Crippen LogP contribution in [0.2, 0.25) is 0 Å². The minimum atomic E-state index is 0.701. The molecule has 1 aliphatic rings. The second-order valence-electron chi connectivity index (χ2n) is 3.14. The fraction of sp³-hybridized carbons (Fsp3) is 0.500. The average molecular weight is 165 g/mol. The molecule has 12 heavy (non-hydrogen) atoms. The lowest BCUT2D eigenvalue weighted by atomic mass is 10.1. The van der Waals surface area contributed by atoms with Crippen molar-refractivity contribution >= 4 is 5.90 Å². The van der Waals surface area contributed by atoms with Crippen molar-refractivity contribution in [3.8, 4) is 0 Å². The molecule has 0 N–H and O–H groups in total. The standard InChI is InChI=1S/C10H15NO/c1-8-4-5-9(2)7-11-10(6-8)12-3/h6-7H,4-5H2,1-3H3/b8-6-,9-7+,11-10+. The highest BCUT2D eigenvalue weighted by molar-refractivity contribution is 5.88. The number of nitrogens with zero attached hydrogens (tertiary/aromatic N) is 1. The summed E-state index contributed by atoms with van der Waals surface area (Å²) in [5.41, 5.74) is 2.63. The van der Waals surface area contributed by atoms with Gasteiger partial charge in [0.15, 0.2) is 0 Å². The second-order valence-corrected chi connectivity index (χ2v) is 3.14. The summed E-state index contributed by atoms with van der Waals surface area (Å²) >= 11 is 0. The zero-order valence-electron chi connectivity index (χ0n) is 7.92. The highest BCUT2D eigenvalue weighted by Crippen LogP contribution is 2.13. The highest BCUT2D eigenvalue weighted by atomic mass is 16.5. The van der Waals surface area contributed by atoms with Crippen molar-refractivity contribution in [2.24, 2.45) is 4.99 Å². The topological polar surface area (TPSA) is 21.6 Å². The normalized spacial score (nSPS) is 31.4. The van der Waals surface area contributed by atoms with Gasteiger partial charge in [-0.15, -0.1) is 0 Å². The Hall–Kier alpha value is -1.05. The molecule has 0 fully saturated rings. The molecule has 0 amide bonds. The van der Waals surface area contributed by atoms with E-state index in [4.69, 9.17) is 4.74 Å². The summed E-state index contributed by atoms with van der Waals surface area (Å²) in [7, 11) is 1.65. The molecule has 2 heteroatoms. The van der Waals surface area contributed by atoms with E-state index in [0.29, 0.717) is 5.90 Å². The maximum Gasteiger partial charge on any atom is 0.212 e. The quantitative estimate of drug-likeness (QED) is 0.540. The van der Waals surface area contributed by atoms with Gasteiger partial charge in [0.25, 0.3) is 0 Å². The summed E-state index contributed by atoms with van der Waals surface area (Å²) in [5.74, 6) is 0.701. The van der Waals surface area contributed by atoms with Gasteiger partial charge in [-0.05, 0) is 32.8 Å². The van der Waals surface area contributed by atoms with Gasteiger partial charge in [-0.3, -0.25) is 0 Å². The molecule has 1 aliphatic heterocycles. The molecule has 2 nitrogen and oxygen atoms in total. The third kappa shape index (κ3) is 2.53. The van der Waals surface area contributed by atoms with Gasteiger partial charge in [-0.25, -0.2) is 4.99 Å². The SMILES string of the molecule is COC1=N/C=C(\C)CC/C(C)=C\1. The van der Waals surface area contributed by atoms with Crippen LogP contribution in [0.25, 0.3) is 0 Å². The third-order valence-electron chi connectivity index (χ3n) is 1.90. The van der Waals surface area contributed by atoms with Crippen LogP contribution in [0, 0.1) is 0 Å². The molecule has 0 radical (unpaired) electrons. The first-order valence-corrected chi connectivity index (χ1v) is 4.17. The third-order valence-corrected chi connectivity index (χ3v) is 1.90. The fourth-order valence-electron chi connectivity index (χ4n) is 1.06. The Morgan fingerprint density at radius 1 is 1.25 bits per heavy atom. The number of aliphatic imine (C=N–C) groups is 1. The number of rotatable bonds is 0. The first-order chi connectivity index (χ1) is 5.72. The molecule has 0 spiro atoms. The molecule has 1 heterocycles. The number of methoxy groups -OCH3 is 1. The van der Waals surface area contributed by atoms with E-state index in [1.807, 2.05) is 12.3 Å². The van der Waals surface area contributed by atoms with Gasteiger partial charge in [0.2, 0.25) is 5.90 Å². The van der Waals surface area contributed by atoms with Crippen LogP contribution < -0.4 is 0 Å². The van der Waals surface area contributed by atoms with Crippen LogP contribution in [-0.4, -0.2) is 13.0 Å². The van der Waals surface area contributed by atoms with Crippen molar-refractivity contribution in [2.45, 2.75) is 26.7 Å². The fourth-order valence-corrected chi connectivity index (χ4v) is 1.06. The van der Waals surface area contributed by atoms with E-state index in [2.05, 4.69) is 18.8 Å². The lowest BCUT2D eigenvalue weighted by molar-refractivity contribution is 0.406. The molecule has 1 rings (SSSR count). The zero-order chi connectivity index (χ0) is 8.97. The minimum absolute atomic E-state index is 0.701. The summed E-state index contributed by atoms with van der Waals surface area (Å²) in [4.78, 5) is 4.19. The van der Waals surface area contributed by atoms with Gasteiger partial charge in [0, 0.05) is 6.20 Å². The maximum absolute atomic E-state index is 5.07. The highest BCUT2D eigenvalue weighted by Gasteiger charge is 2.00. The van der Waals surface area contributed by atoms with Gasteiger partial charge in [-0.1, -0.05) is 11.1 Å². The Bertz CT molecular complexity index is 249. The second kappa shape index (κ2) is 4.10. The van der Waals surface area contributed by atoms with Crippen LogP contribution in [0.3, 0.4) is 0 Å². The molecular formula is C10H15NO. The molecule has 0 saturated heterocycles. The van der Waals surface area contributed by atoms with Crippen molar-refractivity contribution < 1.29 is 4.74 Å². The van der Waals surface area contributed by atoms with Crippen molar-refractivity contribution in [1.82, 2.24) is 0 Å². The Morgan fingerprint density at radius 2 is 1.92 bits per heavy atom. The van der Waals surface area contributed by atoms with Crippen LogP contribution in [-0.2, 0) is 4.74 Å². The van der Waals surface area contributed by atoms with Crippen LogP contribution in [0.1, 0.15) is 26.7 Å². The minimum Gasteiger partial charge on any atom is -0.481 e. The number of allylic oxidation sites excluding steroid dienone is 2. The predicted octanol–water partition coefficient (Wildman–Crippen LogP) is 2.68. The first kappa shape index (κ1) is 9.04. The van der Waals surface area contributed by atoms with Crippen molar-refractivity contribution in [3.63, 3.8) is 0 Å². The predicted molar refractivity (Wildman–Crippen MR) is 51.2 cm³/mol. The largest absolute Gasteiger partial charge is 0.481 e. The molecule has 0 aromatic heterocycles. The summed E-state index contributed by atoms with van der Waals surface area (Å²) in [6.45, 7) is 4.20. The van der Waals surface area contributed by atoms with Crippen molar-refractivity contribution in [1.29, 1.82) is 0 Å². The molecule has 0 aromatic rings. The average Bonchev–Trinajstić information content (AvgIpc) is 2.06. The van der Waals surface area contributed by atoms with Crippen LogP contribution in [0.4, 0.5) is 0 Å². The first-order valence-electron chi connectivity index (χ1n) is 4.17. The molecule has 0 atom stereocenters. The Morgan fingerprint density at radius 3 is 2.58 bits per heavy atom. The van der Waals surface area contributed by atoms with Gasteiger partial charge in [0.1, 0.15) is 0 Å². The van der Waals surface area contributed by atoms with Crippen molar-refractivity contribution in [2.75, 3.05) is 7.11 Å². The molecule has 0 saturated carbocycles. The summed E-state index contributed by atoms with van der Waals surface area (Å²) < 4.78 is 5.07. The summed E-state index contributed by atoms with van der Waals surface area (Å²) in [6, 6.07) is 0. The van der Waals surface area contributed by atoms with E-state index in [1.165, 1.54) is 11.1 Å². The Labute approximate surface area is 73.6 Å². The van der Waals surface area contributed by atoms with Crippen molar-refractivity contribution in [3.05, 3.63) is 23.4 Å². The summed E-state index contributed by atoms with van der Waals surface area (Å²) in [6.07, 6.45) is 6.07. The van der Waals surface area contributed by atoms with E-state index in [-0.39, 0.29) is 0 Å². The van der Waals surface area contributed by atoms with Crippen LogP contribution >= 0.6 is 0 Å². The van der Waals surface area contributed by atoms with Gasteiger partial charge < -0.3 is 4.74 Å². The maximum atomic E-state index is 5.07. The van der Waals surface area contributed by atoms with Crippen LogP contribution in [0.15, 0.2) is 28.4 Å². The molecular weight excluding hydrogens is 150 g/mol. The molecule has 0 aliphatic carbocycles. The molecule has 0 unspecified atom stereocenters. The number of hydrogen-bond acceptors (Lipinski definition) is 2. The molecule has 0 bridgehead atoms. The van der Waals surface area contributed by atoms with E-state index in [1.54, 1.807) is 7.11 Å². The lowest BCUT2D eigenvalue weighted by Gasteiger charge is -2.06. The van der Waals surface area contributed by atoms with E-state index in [0.717, 1.165) is 12.8 Å². The lowest BCUT2D eigenvalue weighted by Crippen LogP contribution is -1.99. The zero-order valence-corrected chi connectivity index (χ0v) is 7.92. The monoisotopic (exact) mass is 165 g/mol. The Balaban J connectivity index is 2.86. The smallest absolute Gasteiger partial charge is 0.212 e. The van der Waals surface area contributed by atoms with E-state index < -0.39 is 0 Å². The number of hydrogen-bond donors (Lipinski definition) is 0. The van der Waals surface area contributed by atoms with Gasteiger partial charge in [0.05, 0.1) is 7.11 Å². The van der Waals surface area contributed by atoms with Gasteiger partial charge >= 0.3 is 0 Å².